The average molecular weight is 1800 g/mol. The molecule has 0 saturated heterocycles. The Morgan fingerprint density at radius 2 is 0.669 bits per heavy atom. The molecule has 0 aromatic heterocycles. The van der Waals surface area contributed by atoms with E-state index in [9.17, 15) is 98.8 Å². The van der Waals surface area contributed by atoms with E-state index in [2.05, 4.69) is 181 Å². The largest absolute Gasteiger partial charge is 0.743 e. The van der Waals surface area contributed by atoms with Gasteiger partial charge in [-0.05, 0) is 209 Å². The van der Waals surface area contributed by atoms with Crippen LogP contribution < -0.4 is 4.74 Å². The fourth-order valence-corrected chi connectivity index (χ4v) is 15.8. The molecule has 0 N–H and O–H groups in total. The molecule has 670 valence electrons. The maximum Gasteiger partial charge on any atom is 0.428 e. The van der Waals surface area contributed by atoms with E-state index in [1.54, 1.807) is 62.3 Å². The van der Waals surface area contributed by atoms with E-state index in [0.29, 0.717) is 24.8 Å². The van der Waals surface area contributed by atoms with Crippen LogP contribution in [0, 0.1) is 22.2 Å². The molecule has 1 unspecified atom stereocenters. The molecule has 2 aliphatic rings. The van der Waals surface area contributed by atoms with Crippen molar-refractivity contribution in [2.75, 3.05) is 46.2 Å². The fourth-order valence-electron chi connectivity index (χ4n) is 10.9. The Morgan fingerprint density at radius 3 is 0.950 bits per heavy atom. The minimum atomic E-state index is -6.15. The van der Waals surface area contributed by atoms with Crippen LogP contribution in [0.2, 0.25) is 0 Å². The Bertz CT molecular complexity index is 4290. The standard InChI is InChI=1S/C28H33O2S.C27H29O2S.3C10H16F2O7S/c1-23(29-22-21-24-11-5-2-6-12-24)30-25-17-19-28(20-18-25)31(26-13-7-3-8-14-26)27-15-9-4-10-16-27;1-2-27(20-10-5-11-21-27)29-26(28)22-16-18-25(19-17-22)30(23-12-6-3-7-13-23)24-14-8-4-9-15-24;3*1-4-9(2,3)7(13)18-5-6-19-8(14)10(11,12)20(15,16)17/h3-4,7-10,13-20,23-24H,2,5-6,11-12,21-22H2,1H3;3-4,6-9,12-19H,2,5,10-11,20-21H2,1H3;3*4-6H2,1-3H3,(H,15,16,17)/q2*+1;;;/p-3. The maximum absolute atomic E-state index is 12.9. The lowest BCUT2D eigenvalue weighted by Crippen LogP contribution is -2.39. The highest BCUT2D eigenvalue weighted by Crippen LogP contribution is 2.38. The predicted octanol–water partition coefficient (Wildman–Crippen LogP) is 16.5. The Kier molecular flexibility index (Phi) is 41.9. The summed E-state index contributed by atoms with van der Waals surface area (Å²) in [4.78, 5) is 87.0. The molecule has 2 saturated carbocycles. The summed E-state index contributed by atoms with van der Waals surface area (Å²) in [6, 6.07) is 59.1. The van der Waals surface area contributed by atoms with Crippen LogP contribution >= 0.6 is 0 Å². The van der Waals surface area contributed by atoms with Crippen molar-refractivity contribution >= 4 is 93.9 Å². The van der Waals surface area contributed by atoms with E-state index >= 15 is 0 Å². The molecule has 0 spiro atoms. The normalized spacial score (nSPS) is 14.3. The lowest BCUT2D eigenvalue weighted by atomic mass is 9.82. The van der Waals surface area contributed by atoms with E-state index in [4.69, 9.17) is 14.2 Å². The summed E-state index contributed by atoms with van der Waals surface area (Å²) < 4.78 is 211. The smallest absolute Gasteiger partial charge is 0.428 e. The topological polar surface area (TPSA) is 374 Å². The zero-order valence-corrected chi connectivity index (χ0v) is 73.5. The first-order valence-electron chi connectivity index (χ1n) is 39.0. The third-order valence-corrected chi connectivity index (χ3v) is 26.4. The number of carbonyl (C=O) groups is 7. The van der Waals surface area contributed by atoms with Crippen molar-refractivity contribution in [3.05, 3.63) is 175 Å². The molecule has 0 heterocycles. The third-order valence-electron chi connectivity index (χ3n) is 19.5. The minimum Gasteiger partial charge on any atom is -0.743 e. The van der Waals surface area contributed by atoms with Gasteiger partial charge in [0, 0.05) is 0 Å². The fraction of sp³-hybridized carbons (Fsp3) is 0.494. The van der Waals surface area contributed by atoms with Crippen molar-refractivity contribution in [1.82, 2.24) is 0 Å². The molecule has 0 bridgehead atoms. The highest BCUT2D eigenvalue weighted by molar-refractivity contribution is 7.97. The molecule has 6 aromatic carbocycles. The highest BCUT2D eigenvalue weighted by Gasteiger charge is 2.51. The van der Waals surface area contributed by atoms with Gasteiger partial charge in [0.2, 0.25) is 0 Å². The number of benzene rings is 6. The Hall–Kier alpha value is -8.62. The number of hydrogen-bond acceptors (Lipinski definition) is 25. The monoisotopic (exact) mass is 1800 g/mol. The summed E-state index contributed by atoms with van der Waals surface area (Å²) in [6.45, 7) is 15.8. The Labute approximate surface area is 710 Å². The number of rotatable bonds is 36. The van der Waals surface area contributed by atoms with Crippen molar-refractivity contribution in [3.8, 4) is 5.75 Å². The quantitative estimate of drug-likeness (QED) is 0.00670. The molecule has 2 fully saturated rings. The first kappa shape index (κ1) is 105. The molecule has 0 aliphatic heterocycles. The van der Waals surface area contributed by atoms with Crippen LogP contribution in [-0.4, -0.2) is 155 Å². The van der Waals surface area contributed by atoms with Crippen LogP contribution in [0.1, 0.15) is 183 Å². The number of hydrogen-bond donors (Lipinski definition) is 0. The molecule has 1 atom stereocenters. The number of carbonyl (C=O) groups excluding carboxylic acids is 7. The molecule has 0 radical (unpaired) electrons. The van der Waals surface area contributed by atoms with Crippen molar-refractivity contribution in [2.24, 2.45) is 22.2 Å². The molecule has 6 aromatic rings. The average Bonchev–Trinajstić information content (AvgIpc) is 0.792. The van der Waals surface area contributed by atoms with Gasteiger partial charge < -0.3 is 56.3 Å². The van der Waals surface area contributed by atoms with Crippen molar-refractivity contribution in [2.45, 2.75) is 230 Å². The number of esters is 7. The number of ether oxygens (including phenoxy) is 9. The van der Waals surface area contributed by atoms with E-state index < -0.39 is 138 Å². The van der Waals surface area contributed by atoms with Gasteiger partial charge in [0.05, 0.1) is 50.2 Å². The zero-order chi connectivity index (χ0) is 90.7. The molecule has 0 amide bonds. The van der Waals surface area contributed by atoms with Gasteiger partial charge in [-0.3, -0.25) is 14.4 Å². The first-order valence-corrected chi connectivity index (χ1v) is 45.7. The van der Waals surface area contributed by atoms with Gasteiger partial charge in [0.15, 0.2) is 66.0 Å². The van der Waals surface area contributed by atoms with E-state index in [1.165, 1.54) is 67.9 Å². The summed E-state index contributed by atoms with van der Waals surface area (Å²) in [7, 11) is -18.8. The number of alkyl halides is 6. The van der Waals surface area contributed by atoms with Gasteiger partial charge in [-0.25, -0.2) is 44.4 Å². The van der Waals surface area contributed by atoms with Gasteiger partial charge in [-0.2, -0.15) is 26.3 Å². The van der Waals surface area contributed by atoms with Crippen molar-refractivity contribution < 1.29 is 141 Å². The zero-order valence-electron chi connectivity index (χ0n) is 69.4. The summed E-state index contributed by atoms with van der Waals surface area (Å²) in [5.74, 6) is -7.87. The molecule has 121 heavy (non-hydrogen) atoms. The lowest BCUT2D eigenvalue weighted by molar-refractivity contribution is -0.167. The van der Waals surface area contributed by atoms with Crippen LogP contribution in [0.3, 0.4) is 0 Å². The van der Waals surface area contributed by atoms with E-state index in [-0.39, 0.29) is 39.7 Å². The second kappa shape index (κ2) is 48.4. The maximum atomic E-state index is 12.9. The Balaban J connectivity index is 0.000000324. The third kappa shape index (κ3) is 33.2. The summed E-state index contributed by atoms with van der Waals surface area (Å²) in [5, 5.41) is -15.5. The predicted molar refractivity (Wildman–Crippen MR) is 434 cm³/mol. The minimum absolute atomic E-state index is 0.130. The van der Waals surface area contributed by atoms with Gasteiger partial charge in [-0.15, -0.1) is 0 Å². The SMILES string of the molecule is CC(OCCC1CCCCC1)Oc1ccc([S+](c2ccccc2)c2ccccc2)cc1.CCC(C)(C)C(=O)OCCOC(=O)C(F)(F)S(=O)(=O)[O-].CCC(C)(C)C(=O)OCCOC(=O)C(F)(F)S(=O)(=O)[O-].CCC(C)(C)C(=O)OCCOC(=O)C(F)(F)S(=O)(=O)[O-].CCC1(OC(=O)c2ccc([S+](c3ccccc3)c3ccccc3)cc2)CCCCC1. The second-order valence-corrected chi connectivity index (χ2v) is 38.0. The summed E-state index contributed by atoms with van der Waals surface area (Å²) in [6.07, 6.45) is 15.7. The van der Waals surface area contributed by atoms with Gasteiger partial charge in [0.25, 0.3) is 0 Å². The molecular weight excluding hydrogens is 1700 g/mol. The summed E-state index contributed by atoms with van der Waals surface area (Å²) in [5.41, 5.74) is -1.99. The van der Waals surface area contributed by atoms with Crippen LogP contribution in [0.5, 0.6) is 5.75 Å². The molecule has 25 nitrogen and oxygen atoms in total. The van der Waals surface area contributed by atoms with Gasteiger partial charge in [-0.1, -0.05) is 139 Å². The molecular formula is C85H107F6O25S5-. The number of halogens is 6. The van der Waals surface area contributed by atoms with Crippen LogP contribution in [0.15, 0.2) is 199 Å². The van der Waals surface area contributed by atoms with Crippen LogP contribution in [0.25, 0.3) is 0 Å². The van der Waals surface area contributed by atoms with Crippen molar-refractivity contribution in [3.63, 3.8) is 0 Å². The molecule has 36 heteroatoms. The van der Waals surface area contributed by atoms with Gasteiger partial charge >= 0.3 is 57.5 Å². The summed E-state index contributed by atoms with van der Waals surface area (Å²) >= 11 is 0. The second-order valence-electron chi connectivity index (χ2n) is 29.6. The van der Waals surface area contributed by atoms with Crippen LogP contribution in [-0.2, 0) is 119 Å². The van der Waals surface area contributed by atoms with Gasteiger partial charge in [0.1, 0.15) is 51.0 Å². The van der Waals surface area contributed by atoms with Crippen LogP contribution in [0.4, 0.5) is 26.3 Å². The Morgan fingerprint density at radius 1 is 0.397 bits per heavy atom. The molecule has 8 rings (SSSR count). The lowest BCUT2D eigenvalue weighted by Gasteiger charge is -2.36. The molecule has 2 aliphatic carbocycles. The highest BCUT2D eigenvalue weighted by atomic mass is 32.2. The first-order chi connectivity index (χ1) is 56.6. The van der Waals surface area contributed by atoms with Crippen molar-refractivity contribution in [1.29, 1.82) is 0 Å². The van der Waals surface area contributed by atoms with E-state index in [0.717, 1.165) is 56.8 Å². The van der Waals surface area contributed by atoms with E-state index in [1.807, 2.05) is 31.2 Å².